The number of hydrogen-bond donors (Lipinski definition) is 1. The van der Waals surface area contributed by atoms with Gasteiger partial charge in [-0.1, -0.05) is 6.42 Å². The van der Waals surface area contributed by atoms with Crippen molar-refractivity contribution in [3.05, 3.63) is 18.5 Å². The lowest BCUT2D eigenvalue weighted by Gasteiger charge is -2.01. The first kappa shape index (κ1) is 12.1. The summed E-state index contributed by atoms with van der Waals surface area (Å²) in [6, 6.07) is 1.57. The van der Waals surface area contributed by atoms with Gasteiger partial charge in [0.05, 0.1) is 5.75 Å². The Morgan fingerprint density at radius 2 is 1.80 bits per heavy atom. The third-order valence-electron chi connectivity index (χ3n) is 1.89. The number of aromatic nitrogens is 2. The highest BCUT2D eigenvalue weighted by Crippen LogP contribution is 2.06. The summed E-state index contributed by atoms with van der Waals surface area (Å²) in [6.07, 6.45) is 4.68. The minimum Gasteiger partial charge on any atom is -0.396 e. The van der Waals surface area contributed by atoms with Gasteiger partial charge in [0.25, 0.3) is 0 Å². The molecule has 0 bridgehead atoms. The van der Waals surface area contributed by atoms with Gasteiger partial charge in [-0.15, -0.1) is 0 Å². The van der Waals surface area contributed by atoms with E-state index in [1.165, 1.54) is 12.4 Å². The number of hydrogen-bond acceptors (Lipinski definition) is 5. The molecule has 0 unspecified atom stereocenters. The fourth-order valence-electron chi connectivity index (χ4n) is 1.12. The Hall–Kier alpha value is -1.01. The second-order valence-electron chi connectivity index (χ2n) is 3.13. The molecule has 0 amide bonds. The van der Waals surface area contributed by atoms with E-state index in [4.69, 9.17) is 5.11 Å². The molecule has 0 fully saturated rings. The predicted molar refractivity (Wildman–Crippen MR) is 55.0 cm³/mol. The molecular formula is C9H14N2O3S. The molecule has 0 aliphatic rings. The monoisotopic (exact) mass is 230 g/mol. The SMILES string of the molecule is O=S(=O)(CCCCCO)c1ncccn1. The van der Waals surface area contributed by atoms with Gasteiger partial charge in [-0.2, -0.15) is 0 Å². The Balaban J connectivity index is 2.53. The molecule has 0 saturated heterocycles. The van der Waals surface area contributed by atoms with Crippen molar-refractivity contribution in [2.24, 2.45) is 0 Å². The minimum atomic E-state index is -3.34. The molecule has 0 spiro atoms. The van der Waals surface area contributed by atoms with Crippen LogP contribution in [0.5, 0.6) is 0 Å². The normalized spacial score (nSPS) is 11.5. The first-order valence-corrected chi connectivity index (χ1v) is 6.42. The summed E-state index contributed by atoms with van der Waals surface area (Å²) in [5.41, 5.74) is 0. The van der Waals surface area contributed by atoms with E-state index < -0.39 is 9.84 Å². The number of aliphatic hydroxyl groups is 1. The fraction of sp³-hybridized carbons (Fsp3) is 0.556. The second-order valence-corrected chi connectivity index (χ2v) is 5.14. The van der Waals surface area contributed by atoms with Gasteiger partial charge in [-0.05, 0) is 18.9 Å². The van der Waals surface area contributed by atoms with Crippen LogP contribution in [0.25, 0.3) is 0 Å². The zero-order valence-electron chi connectivity index (χ0n) is 8.33. The Bertz CT molecular complexity index is 378. The number of unbranched alkanes of at least 4 members (excludes halogenated alkanes) is 2. The zero-order chi connectivity index (χ0) is 11.1. The molecule has 6 heteroatoms. The van der Waals surface area contributed by atoms with E-state index in [-0.39, 0.29) is 17.5 Å². The molecule has 1 rings (SSSR count). The van der Waals surface area contributed by atoms with E-state index in [0.717, 1.165) is 0 Å². The topological polar surface area (TPSA) is 80.2 Å². The summed E-state index contributed by atoms with van der Waals surface area (Å²) in [5.74, 6) is 0.0387. The summed E-state index contributed by atoms with van der Waals surface area (Å²) in [4.78, 5) is 7.40. The van der Waals surface area contributed by atoms with Crippen LogP contribution in [-0.2, 0) is 9.84 Å². The quantitative estimate of drug-likeness (QED) is 0.565. The summed E-state index contributed by atoms with van der Waals surface area (Å²) < 4.78 is 23.2. The van der Waals surface area contributed by atoms with Crippen molar-refractivity contribution in [1.82, 2.24) is 9.97 Å². The summed E-state index contributed by atoms with van der Waals surface area (Å²) in [5, 5.41) is 8.42. The van der Waals surface area contributed by atoms with Crippen LogP contribution in [0, 0.1) is 0 Å². The molecule has 15 heavy (non-hydrogen) atoms. The van der Waals surface area contributed by atoms with Crippen LogP contribution in [0.4, 0.5) is 0 Å². The molecule has 1 heterocycles. The molecule has 84 valence electrons. The third-order valence-corrected chi connectivity index (χ3v) is 3.48. The van der Waals surface area contributed by atoms with Gasteiger partial charge in [0, 0.05) is 19.0 Å². The first-order chi connectivity index (χ1) is 7.17. The third kappa shape index (κ3) is 3.93. The summed E-state index contributed by atoms with van der Waals surface area (Å²) >= 11 is 0. The minimum absolute atomic E-state index is 0.0387. The van der Waals surface area contributed by atoms with E-state index in [0.29, 0.717) is 19.3 Å². The van der Waals surface area contributed by atoms with Crippen molar-refractivity contribution in [3.8, 4) is 0 Å². The Kier molecular flexibility index (Phi) is 4.64. The standard InChI is InChI=1S/C9H14N2O3S/c12-7-2-1-3-8-15(13,14)9-10-5-4-6-11-9/h4-6,12H,1-3,7-8H2. The number of sulfone groups is 1. The van der Waals surface area contributed by atoms with Crippen molar-refractivity contribution < 1.29 is 13.5 Å². The highest BCUT2D eigenvalue weighted by molar-refractivity contribution is 7.91. The van der Waals surface area contributed by atoms with E-state index in [1.807, 2.05) is 0 Å². The van der Waals surface area contributed by atoms with Crippen LogP contribution < -0.4 is 0 Å². The molecule has 0 aliphatic carbocycles. The molecule has 0 radical (unpaired) electrons. The highest BCUT2D eigenvalue weighted by Gasteiger charge is 2.16. The summed E-state index contributed by atoms with van der Waals surface area (Å²) in [7, 11) is -3.34. The maximum Gasteiger partial charge on any atom is 0.246 e. The van der Waals surface area contributed by atoms with Crippen molar-refractivity contribution in [3.63, 3.8) is 0 Å². The molecule has 1 N–H and O–H groups in total. The molecule has 1 aromatic heterocycles. The molecule has 0 saturated carbocycles. The second kappa shape index (κ2) is 5.77. The van der Waals surface area contributed by atoms with Gasteiger partial charge in [-0.3, -0.25) is 0 Å². The molecule has 0 aromatic carbocycles. The van der Waals surface area contributed by atoms with Crippen molar-refractivity contribution >= 4 is 9.84 Å². The number of aliphatic hydroxyl groups excluding tert-OH is 1. The lowest BCUT2D eigenvalue weighted by Crippen LogP contribution is -2.10. The first-order valence-electron chi connectivity index (χ1n) is 4.77. The predicted octanol–water partition coefficient (Wildman–Crippen LogP) is 0.413. The van der Waals surface area contributed by atoms with Gasteiger partial charge in [0.15, 0.2) is 0 Å². The van der Waals surface area contributed by atoms with Gasteiger partial charge in [0.1, 0.15) is 0 Å². The fourth-order valence-corrected chi connectivity index (χ4v) is 2.33. The molecule has 1 aromatic rings. The van der Waals surface area contributed by atoms with Crippen LogP contribution in [0.15, 0.2) is 23.6 Å². The van der Waals surface area contributed by atoms with Crippen LogP contribution in [0.2, 0.25) is 0 Å². The van der Waals surface area contributed by atoms with Crippen molar-refractivity contribution in [1.29, 1.82) is 0 Å². The average Bonchev–Trinajstić information content (AvgIpc) is 2.26. The van der Waals surface area contributed by atoms with Gasteiger partial charge in [-0.25, -0.2) is 18.4 Å². The molecular weight excluding hydrogens is 216 g/mol. The molecule has 0 atom stereocenters. The lowest BCUT2D eigenvalue weighted by molar-refractivity contribution is 0.284. The van der Waals surface area contributed by atoms with Crippen LogP contribution in [-0.4, -0.2) is 35.9 Å². The Morgan fingerprint density at radius 1 is 1.13 bits per heavy atom. The van der Waals surface area contributed by atoms with Crippen LogP contribution >= 0.6 is 0 Å². The van der Waals surface area contributed by atoms with Crippen LogP contribution in [0.3, 0.4) is 0 Å². The van der Waals surface area contributed by atoms with E-state index in [9.17, 15) is 8.42 Å². The zero-order valence-corrected chi connectivity index (χ0v) is 9.15. The van der Waals surface area contributed by atoms with E-state index in [2.05, 4.69) is 9.97 Å². The highest BCUT2D eigenvalue weighted by atomic mass is 32.2. The van der Waals surface area contributed by atoms with Crippen LogP contribution in [0.1, 0.15) is 19.3 Å². The number of nitrogens with zero attached hydrogens (tertiary/aromatic N) is 2. The number of rotatable bonds is 6. The van der Waals surface area contributed by atoms with Gasteiger partial charge in [0.2, 0.25) is 15.0 Å². The maximum atomic E-state index is 11.6. The Labute approximate surface area is 89.1 Å². The molecule has 5 nitrogen and oxygen atoms in total. The summed E-state index contributed by atoms with van der Waals surface area (Å²) in [6.45, 7) is 0.0991. The Morgan fingerprint density at radius 3 is 2.40 bits per heavy atom. The average molecular weight is 230 g/mol. The van der Waals surface area contributed by atoms with Crippen molar-refractivity contribution in [2.75, 3.05) is 12.4 Å². The van der Waals surface area contributed by atoms with Gasteiger partial charge < -0.3 is 5.11 Å². The molecule has 0 aliphatic heterocycles. The smallest absolute Gasteiger partial charge is 0.246 e. The lowest BCUT2D eigenvalue weighted by atomic mass is 10.3. The largest absolute Gasteiger partial charge is 0.396 e. The van der Waals surface area contributed by atoms with Crippen molar-refractivity contribution in [2.45, 2.75) is 24.4 Å². The maximum absolute atomic E-state index is 11.6. The van der Waals surface area contributed by atoms with Gasteiger partial charge >= 0.3 is 0 Å². The van der Waals surface area contributed by atoms with E-state index in [1.54, 1.807) is 6.07 Å². The van der Waals surface area contributed by atoms with E-state index >= 15 is 0 Å².